The molecule has 0 atom stereocenters. The molecule has 0 amide bonds. The Morgan fingerprint density at radius 2 is 2.19 bits per heavy atom. The molecule has 1 heterocycles. The largest absolute Gasteiger partial charge is 0.378 e. The molecule has 0 radical (unpaired) electrons. The minimum Gasteiger partial charge on any atom is -0.378 e. The molecule has 0 saturated heterocycles. The van der Waals surface area contributed by atoms with Crippen LogP contribution in [0.4, 0.5) is 0 Å². The normalized spacial score (nSPS) is 11.1. The zero-order valence-electron chi connectivity index (χ0n) is 9.84. The van der Waals surface area contributed by atoms with Gasteiger partial charge in [-0.3, -0.25) is 4.79 Å². The number of methoxy groups -OCH3 is 1. The van der Waals surface area contributed by atoms with Crippen LogP contribution in [0, 0.1) is 5.92 Å². The molecular formula is C11H17BrN2O2. The van der Waals surface area contributed by atoms with Gasteiger partial charge in [-0.05, 0) is 28.3 Å². The third-order valence-corrected chi connectivity index (χ3v) is 3.04. The van der Waals surface area contributed by atoms with Crippen LogP contribution in [0.1, 0.15) is 31.8 Å². The van der Waals surface area contributed by atoms with E-state index in [1.165, 1.54) is 0 Å². The van der Waals surface area contributed by atoms with Crippen molar-refractivity contribution in [3.63, 3.8) is 0 Å². The van der Waals surface area contributed by atoms with Gasteiger partial charge in [0.15, 0.2) is 0 Å². The number of nitrogens with zero attached hydrogens (tertiary/aromatic N) is 1. The van der Waals surface area contributed by atoms with Crippen LogP contribution in [0.15, 0.2) is 9.27 Å². The average molecular weight is 289 g/mol. The first-order chi connectivity index (χ1) is 7.54. The van der Waals surface area contributed by atoms with E-state index in [2.05, 4.69) is 39.7 Å². The molecule has 0 spiro atoms. The molecule has 0 aliphatic rings. The number of H-pyrrole nitrogens is 1. The van der Waals surface area contributed by atoms with Crippen LogP contribution in [0.2, 0.25) is 0 Å². The summed E-state index contributed by atoms with van der Waals surface area (Å²) in [5.41, 5.74) is 0.519. The van der Waals surface area contributed by atoms with Crippen LogP contribution in [-0.4, -0.2) is 17.1 Å². The predicted octanol–water partition coefficient (Wildman–Crippen LogP) is 2.27. The van der Waals surface area contributed by atoms with E-state index in [9.17, 15) is 4.79 Å². The van der Waals surface area contributed by atoms with Crippen LogP contribution < -0.4 is 5.56 Å². The Hall–Kier alpha value is -0.680. The maximum Gasteiger partial charge on any atom is 0.265 e. The average Bonchev–Trinajstić information content (AvgIpc) is 2.22. The topological polar surface area (TPSA) is 55.0 Å². The van der Waals surface area contributed by atoms with Crippen molar-refractivity contribution in [2.75, 3.05) is 7.11 Å². The van der Waals surface area contributed by atoms with Crippen molar-refractivity contribution in [2.45, 2.75) is 33.3 Å². The molecule has 0 aromatic carbocycles. The van der Waals surface area contributed by atoms with Crippen molar-refractivity contribution >= 4 is 15.9 Å². The first-order valence-corrected chi connectivity index (χ1v) is 6.10. The third kappa shape index (κ3) is 3.72. The number of rotatable bonds is 5. The molecule has 0 unspecified atom stereocenters. The van der Waals surface area contributed by atoms with Crippen molar-refractivity contribution in [1.82, 2.24) is 9.97 Å². The Kier molecular flexibility index (Phi) is 5.15. The number of hydrogen-bond donors (Lipinski definition) is 1. The summed E-state index contributed by atoms with van der Waals surface area (Å²) in [6.45, 7) is 4.64. The van der Waals surface area contributed by atoms with Gasteiger partial charge in [-0.1, -0.05) is 13.8 Å². The number of halogens is 1. The van der Waals surface area contributed by atoms with Crippen molar-refractivity contribution in [3.8, 4) is 0 Å². The van der Waals surface area contributed by atoms with Crippen molar-refractivity contribution in [2.24, 2.45) is 5.92 Å². The van der Waals surface area contributed by atoms with E-state index < -0.39 is 0 Å². The van der Waals surface area contributed by atoms with Gasteiger partial charge in [-0.25, -0.2) is 4.98 Å². The molecule has 1 N–H and O–H groups in total. The minimum atomic E-state index is -0.138. The fraction of sp³-hybridized carbons (Fsp3) is 0.636. The van der Waals surface area contributed by atoms with Crippen molar-refractivity contribution < 1.29 is 4.74 Å². The van der Waals surface area contributed by atoms with Gasteiger partial charge in [-0.2, -0.15) is 0 Å². The second-order valence-electron chi connectivity index (χ2n) is 4.14. The van der Waals surface area contributed by atoms with E-state index >= 15 is 0 Å². The Balaban J connectivity index is 2.90. The van der Waals surface area contributed by atoms with E-state index in [1.54, 1.807) is 7.11 Å². The molecule has 16 heavy (non-hydrogen) atoms. The summed E-state index contributed by atoms with van der Waals surface area (Å²) >= 11 is 3.21. The lowest BCUT2D eigenvalue weighted by Gasteiger charge is -2.07. The van der Waals surface area contributed by atoms with Gasteiger partial charge in [-0.15, -0.1) is 0 Å². The number of aromatic nitrogens is 2. The molecule has 4 nitrogen and oxygen atoms in total. The van der Waals surface area contributed by atoms with E-state index in [0.717, 1.165) is 18.7 Å². The summed E-state index contributed by atoms with van der Waals surface area (Å²) < 4.78 is 5.46. The number of nitrogens with one attached hydrogen (secondary N) is 1. The third-order valence-electron chi connectivity index (χ3n) is 2.22. The molecule has 0 bridgehead atoms. The molecule has 0 aliphatic heterocycles. The lowest BCUT2D eigenvalue weighted by molar-refractivity contribution is 0.180. The Labute approximate surface area is 104 Å². The monoisotopic (exact) mass is 288 g/mol. The summed E-state index contributed by atoms with van der Waals surface area (Å²) in [4.78, 5) is 18.7. The number of aromatic amines is 1. The first kappa shape index (κ1) is 13.4. The van der Waals surface area contributed by atoms with Gasteiger partial charge in [0.05, 0.1) is 12.3 Å². The first-order valence-electron chi connectivity index (χ1n) is 5.31. The second kappa shape index (κ2) is 6.15. The van der Waals surface area contributed by atoms with E-state index in [0.29, 0.717) is 22.7 Å². The number of hydrogen-bond acceptors (Lipinski definition) is 3. The zero-order valence-corrected chi connectivity index (χ0v) is 11.4. The number of ether oxygens (including phenoxy) is 1. The molecule has 1 aromatic rings. The maximum atomic E-state index is 11.6. The summed E-state index contributed by atoms with van der Waals surface area (Å²) in [5, 5.41) is 0. The van der Waals surface area contributed by atoms with Crippen LogP contribution in [0.5, 0.6) is 0 Å². The zero-order chi connectivity index (χ0) is 12.1. The van der Waals surface area contributed by atoms with Crippen LogP contribution in [0.3, 0.4) is 0 Å². The summed E-state index contributed by atoms with van der Waals surface area (Å²) in [7, 11) is 1.59. The molecule has 5 heteroatoms. The Morgan fingerprint density at radius 1 is 1.50 bits per heavy atom. The molecule has 0 fully saturated rings. The highest BCUT2D eigenvalue weighted by atomic mass is 79.9. The van der Waals surface area contributed by atoms with Gasteiger partial charge in [0, 0.05) is 13.5 Å². The number of aryl methyl sites for hydroxylation is 1. The quantitative estimate of drug-likeness (QED) is 0.904. The van der Waals surface area contributed by atoms with Crippen LogP contribution in [-0.2, 0) is 17.8 Å². The molecule has 1 aromatic heterocycles. The van der Waals surface area contributed by atoms with Crippen molar-refractivity contribution in [1.29, 1.82) is 0 Å². The van der Waals surface area contributed by atoms with Gasteiger partial charge in [0.1, 0.15) is 10.3 Å². The van der Waals surface area contributed by atoms with E-state index in [4.69, 9.17) is 4.74 Å². The Bertz CT molecular complexity index is 401. The highest BCUT2D eigenvalue weighted by molar-refractivity contribution is 9.10. The summed E-state index contributed by atoms with van der Waals surface area (Å²) in [5.74, 6) is 1.33. The lowest BCUT2D eigenvalue weighted by atomic mass is 10.1. The van der Waals surface area contributed by atoms with E-state index in [1.807, 2.05) is 0 Å². The highest BCUT2D eigenvalue weighted by Crippen LogP contribution is 2.11. The van der Waals surface area contributed by atoms with Gasteiger partial charge >= 0.3 is 0 Å². The summed E-state index contributed by atoms with van der Waals surface area (Å²) in [6, 6.07) is 0. The maximum absolute atomic E-state index is 11.6. The van der Waals surface area contributed by atoms with Gasteiger partial charge < -0.3 is 9.72 Å². The second-order valence-corrected chi connectivity index (χ2v) is 4.93. The lowest BCUT2D eigenvalue weighted by Crippen LogP contribution is -2.16. The predicted molar refractivity (Wildman–Crippen MR) is 66.4 cm³/mol. The Morgan fingerprint density at radius 3 is 2.75 bits per heavy atom. The van der Waals surface area contributed by atoms with Gasteiger partial charge in [0.25, 0.3) is 5.56 Å². The standard InChI is InChI=1S/C11H17BrN2O2/c1-7(2)4-5-9-13-8(6-16-3)10(12)11(15)14-9/h7H,4-6H2,1-3H3,(H,13,14,15). The molecule has 0 aliphatic carbocycles. The minimum absolute atomic E-state index is 0.138. The molecule has 1 rings (SSSR count). The van der Waals surface area contributed by atoms with Crippen LogP contribution in [0.25, 0.3) is 0 Å². The van der Waals surface area contributed by atoms with E-state index in [-0.39, 0.29) is 5.56 Å². The summed E-state index contributed by atoms with van der Waals surface area (Å²) in [6.07, 6.45) is 1.80. The van der Waals surface area contributed by atoms with Crippen molar-refractivity contribution in [3.05, 3.63) is 26.3 Å². The molecular weight excluding hydrogens is 272 g/mol. The van der Waals surface area contributed by atoms with Gasteiger partial charge in [0.2, 0.25) is 0 Å². The fourth-order valence-corrected chi connectivity index (χ4v) is 1.64. The SMILES string of the molecule is COCc1nc(CCC(C)C)[nH]c(=O)c1Br. The smallest absolute Gasteiger partial charge is 0.265 e. The molecule has 90 valence electrons. The highest BCUT2D eigenvalue weighted by Gasteiger charge is 2.09. The molecule has 0 saturated carbocycles. The fourth-order valence-electron chi connectivity index (χ4n) is 1.33. The van der Waals surface area contributed by atoms with Crippen LogP contribution >= 0.6 is 15.9 Å².